The molecule has 0 aliphatic heterocycles. The highest BCUT2D eigenvalue weighted by Crippen LogP contribution is 2.19. The van der Waals surface area contributed by atoms with Crippen LogP contribution in [0.15, 0.2) is 48.5 Å². The first-order chi connectivity index (χ1) is 9.06. The van der Waals surface area contributed by atoms with Crippen molar-refractivity contribution in [3.05, 3.63) is 71.0 Å². The summed E-state index contributed by atoms with van der Waals surface area (Å²) in [6.45, 7) is 1.85. The Morgan fingerprint density at radius 3 is 2.53 bits per heavy atom. The second-order valence-corrected chi connectivity index (χ2v) is 4.27. The lowest BCUT2D eigenvalue weighted by Crippen LogP contribution is -1.95. The maximum Gasteiger partial charge on any atom is 0.189 e. The molecule has 2 nitrogen and oxygen atoms in total. The molecular formula is C16H13FO2. The summed E-state index contributed by atoms with van der Waals surface area (Å²) in [6, 6.07) is 10.7. The van der Waals surface area contributed by atoms with Gasteiger partial charge in [-0.1, -0.05) is 29.8 Å². The summed E-state index contributed by atoms with van der Waals surface area (Å²) in [6.07, 6.45) is 2.95. The van der Waals surface area contributed by atoms with Gasteiger partial charge in [-0.3, -0.25) is 4.79 Å². The topological polar surface area (TPSA) is 37.3 Å². The molecule has 0 aliphatic carbocycles. The molecule has 19 heavy (non-hydrogen) atoms. The lowest BCUT2D eigenvalue weighted by Gasteiger charge is -2.01. The first-order valence-corrected chi connectivity index (χ1v) is 5.84. The van der Waals surface area contributed by atoms with Crippen molar-refractivity contribution >= 4 is 11.9 Å². The van der Waals surface area contributed by atoms with Gasteiger partial charge in [0.05, 0.1) is 5.56 Å². The molecule has 0 bridgehead atoms. The first kappa shape index (κ1) is 13.0. The number of phenolic OH excluding ortho intramolecular Hbond substituents is 1. The predicted molar refractivity (Wildman–Crippen MR) is 72.6 cm³/mol. The van der Waals surface area contributed by atoms with E-state index in [-0.39, 0.29) is 22.9 Å². The van der Waals surface area contributed by atoms with Gasteiger partial charge in [-0.2, -0.15) is 0 Å². The Labute approximate surface area is 110 Å². The zero-order valence-corrected chi connectivity index (χ0v) is 10.4. The smallest absolute Gasteiger partial charge is 0.189 e. The van der Waals surface area contributed by atoms with Gasteiger partial charge in [-0.25, -0.2) is 4.39 Å². The largest absolute Gasteiger partial charge is 0.507 e. The second kappa shape index (κ2) is 5.48. The van der Waals surface area contributed by atoms with Crippen LogP contribution in [-0.2, 0) is 0 Å². The molecule has 0 unspecified atom stereocenters. The number of allylic oxidation sites excluding steroid dienone is 1. The molecule has 2 aromatic rings. The summed E-state index contributed by atoms with van der Waals surface area (Å²) < 4.78 is 12.7. The van der Waals surface area contributed by atoms with Gasteiger partial charge in [-0.05, 0) is 42.8 Å². The quantitative estimate of drug-likeness (QED) is 0.671. The fourth-order valence-electron chi connectivity index (χ4n) is 1.68. The monoisotopic (exact) mass is 256 g/mol. The molecule has 2 aromatic carbocycles. The van der Waals surface area contributed by atoms with Crippen LogP contribution >= 0.6 is 0 Å². The van der Waals surface area contributed by atoms with Crippen molar-refractivity contribution in [1.82, 2.24) is 0 Å². The van der Waals surface area contributed by atoms with Crippen molar-refractivity contribution < 1.29 is 14.3 Å². The molecule has 3 heteroatoms. The van der Waals surface area contributed by atoms with Gasteiger partial charge in [0.1, 0.15) is 11.6 Å². The van der Waals surface area contributed by atoms with Crippen LogP contribution in [0.4, 0.5) is 4.39 Å². The minimum Gasteiger partial charge on any atom is -0.507 e. The zero-order chi connectivity index (χ0) is 13.8. The normalized spacial score (nSPS) is 10.8. The van der Waals surface area contributed by atoms with Crippen LogP contribution in [0.25, 0.3) is 6.08 Å². The number of halogens is 1. The molecule has 0 atom stereocenters. The van der Waals surface area contributed by atoms with Crippen molar-refractivity contribution in [3.63, 3.8) is 0 Å². The number of aryl methyl sites for hydroxylation is 1. The van der Waals surface area contributed by atoms with Crippen LogP contribution in [0.3, 0.4) is 0 Å². The van der Waals surface area contributed by atoms with E-state index in [2.05, 4.69) is 0 Å². The van der Waals surface area contributed by atoms with Gasteiger partial charge in [0.25, 0.3) is 0 Å². The SMILES string of the molecule is Cc1ccc(O)c(C(=O)/C=C/c2ccc(F)cc2)c1. The summed E-state index contributed by atoms with van der Waals surface area (Å²) >= 11 is 0. The average Bonchev–Trinajstić information content (AvgIpc) is 2.40. The molecule has 0 radical (unpaired) electrons. The number of benzene rings is 2. The molecule has 2 rings (SSSR count). The third-order valence-corrected chi connectivity index (χ3v) is 2.71. The van der Waals surface area contributed by atoms with E-state index < -0.39 is 0 Å². The lowest BCUT2D eigenvalue weighted by atomic mass is 10.1. The standard InChI is InChI=1S/C16H13FO2/c1-11-2-8-15(18)14(10-11)16(19)9-5-12-3-6-13(17)7-4-12/h2-10,18H,1H3/b9-5+. The van der Waals surface area contributed by atoms with Gasteiger partial charge in [-0.15, -0.1) is 0 Å². The fourth-order valence-corrected chi connectivity index (χ4v) is 1.68. The minimum atomic E-state index is -0.320. The molecule has 0 amide bonds. The molecule has 0 aromatic heterocycles. The Morgan fingerprint density at radius 1 is 1.16 bits per heavy atom. The van der Waals surface area contributed by atoms with E-state index in [1.165, 1.54) is 24.3 Å². The van der Waals surface area contributed by atoms with Crippen molar-refractivity contribution in [1.29, 1.82) is 0 Å². The Morgan fingerprint density at radius 2 is 1.84 bits per heavy atom. The highest BCUT2D eigenvalue weighted by atomic mass is 19.1. The molecule has 0 saturated carbocycles. The molecule has 0 saturated heterocycles. The first-order valence-electron chi connectivity index (χ1n) is 5.84. The van der Waals surface area contributed by atoms with E-state index in [1.54, 1.807) is 30.3 Å². The summed E-state index contributed by atoms with van der Waals surface area (Å²) in [7, 11) is 0. The molecule has 96 valence electrons. The Balaban J connectivity index is 2.21. The van der Waals surface area contributed by atoms with Crippen LogP contribution in [0, 0.1) is 12.7 Å². The molecule has 0 aliphatic rings. The van der Waals surface area contributed by atoms with Crippen molar-refractivity contribution in [2.24, 2.45) is 0 Å². The molecule has 0 spiro atoms. The number of hydrogen-bond acceptors (Lipinski definition) is 2. The van der Waals surface area contributed by atoms with E-state index >= 15 is 0 Å². The minimum absolute atomic E-state index is 0.0423. The molecule has 0 fully saturated rings. The predicted octanol–water partition coefficient (Wildman–Crippen LogP) is 3.74. The summed E-state index contributed by atoms with van der Waals surface area (Å²) in [5.74, 6) is -0.648. The number of hydrogen-bond donors (Lipinski definition) is 1. The second-order valence-electron chi connectivity index (χ2n) is 4.27. The number of aromatic hydroxyl groups is 1. The highest BCUT2D eigenvalue weighted by molar-refractivity contribution is 6.08. The van der Waals surface area contributed by atoms with Crippen molar-refractivity contribution in [2.45, 2.75) is 6.92 Å². The van der Waals surface area contributed by atoms with Gasteiger partial charge < -0.3 is 5.11 Å². The Kier molecular flexibility index (Phi) is 3.76. The molecule has 1 N–H and O–H groups in total. The maximum absolute atomic E-state index is 12.7. The highest BCUT2D eigenvalue weighted by Gasteiger charge is 2.07. The van der Waals surface area contributed by atoms with E-state index in [4.69, 9.17) is 0 Å². The van der Waals surface area contributed by atoms with E-state index in [1.807, 2.05) is 6.92 Å². The maximum atomic E-state index is 12.7. The number of carbonyl (C=O) groups excluding carboxylic acids is 1. The number of phenols is 1. The number of ketones is 1. The number of rotatable bonds is 3. The van der Waals surface area contributed by atoms with Crippen molar-refractivity contribution in [2.75, 3.05) is 0 Å². The fraction of sp³-hybridized carbons (Fsp3) is 0.0625. The Hall–Kier alpha value is -2.42. The lowest BCUT2D eigenvalue weighted by molar-refractivity contribution is 0.104. The van der Waals surface area contributed by atoms with Crippen LogP contribution in [-0.4, -0.2) is 10.9 Å². The average molecular weight is 256 g/mol. The van der Waals surface area contributed by atoms with Crippen LogP contribution in [0.2, 0.25) is 0 Å². The third-order valence-electron chi connectivity index (χ3n) is 2.71. The van der Waals surface area contributed by atoms with Gasteiger partial charge in [0, 0.05) is 0 Å². The summed E-state index contributed by atoms with van der Waals surface area (Å²) in [5.41, 5.74) is 1.89. The summed E-state index contributed by atoms with van der Waals surface area (Å²) in [4.78, 5) is 11.9. The van der Waals surface area contributed by atoms with Crippen LogP contribution in [0.1, 0.15) is 21.5 Å². The third kappa shape index (κ3) is 3.28. The van der Waals surface area contributed by atoms with E-state index in [0.717, 1.165) is 11.1 Å². The summed E-state index contributed by atoms with van der Waals surface area (Å²) in [5, 5.41) is 9.63. The van der Waals surface area contributed by atoms with Gasteiger partial charge in [0.15, 0.2) is 5.78 Å². The van der Waals surface area contributed by atoms with Crippen LogP contribution in [0.5, 0.6) is 5.75 Å². The van der Waals surface area contributed by atoms with Crippen LogP contribution < -0.4 is 0 Å². The van der Waals surface area contributed by atoms with Gasteiger partial charge in [0.2, 0.25) is 0 Å². The molecule has 0 heterocycles. The van der Waals surface area contributed by atoms with Crippen molar-refractivity contribution in [3.8, 4) is 5.75 Å². The zero-order valence-electron chi connectivity index (χ0n) is 10.4. The van der Waals surface area contributed by atoms with E-state index in [0.29, 0.717) is 0 Å². The molecular weight excluding hydrogens is 243 g/mol. The van der Waals surface area contributed by atoms with Gasteiger partial charge >= 0.3 is 0 Å². The number of carbonyl (C=O) groups is 1. The Bertz CT molecular complexity index is 628. The van der Waals surface area contributed by atoms with E-state index in [9.17, 15) is 14.3 Å².